The summed E-state index contributed by atoms with van der Waals surface area (Å²) in [5.74, 6) is 0.378. The van der Waals surface area contributed by atoms with Crippen LogP contribution in [-0.4, -0.2) is 16.8 Å². The third-order valence-electron chi connectivity index (χ3n) is 0.865. The molecule has 0 amide bonds. The van der Waals surface area contributed by atoms with Gasteiger partial charge in [-0.1, -0.05) is 11.7 Å². The second-order valence-corrected chi connectivity index (χ2v) is 1.54. The summed E-state index contributed by atoms with van der Waals surface area (Å²) >= 11 is 0. The molecule has 0 radical (unpaired) electrons. The lowest BCUT2D eigenvalue weighted by Gasteiger charge is -1.90. The van der Waals surface area contributed by atoms with Gasteiger partial charge in [-0.15, -0.1) is 5.10 Å². The van der Waals surface area contributed by atoms with Crippen LogP contribution in [0.2, 0.25) is 0 Å². The molecule has 0 saturated heterocycles. The number of ether oxygens (including phenoxy) is 1. The Bertz CT molecular complexity index is 219. The van der Waals surface area contributed by atoms with Crippen molar-refractivity contribution in [2.24, 2.45) is 0 Å². The molecule has 1 rings (SSSR count). The molecular formula is C6H8N2O2. The van der Waals surface area contributed by atoms with Gasteiger partial charge in [0, 0.05) is 0 Å². The first-order valence-electron chi connectivity index (χ1n) is 2.95. The van der Waals surface area contributed by atoms with Crippen LogP contribution in [0.25, 0.3) is 6.08 Å². The highest BCUT2D eigenvalue weighted by Gasteiger charge is 2.00. The lowest BCUT2D eigenvalue weighted by molar-refractivity contribution is 0.243. The number of nitrogens with zero attached hydrogens (tertiary/aromatic N) is 2. The molecule has 4 nitrogen and oxygen atoms in total. The molecule has 1 heterocycles. The SMILES string of the molecule is C=Cc1nnc(OCC)o1. The summed E-state index contributed by atoms with van der Waals surface area (Å²) in [6.07, 6.45) is 1.66. The van der Waals surface area contributed by atoms with Crippen molar-refractivity contribution in [3.63, 3.8) is 0 Å². The van der Waals surface area contributed by atoms with Crippen LogP contribution < -0.4 is 4.74 Å². The van der Waals surface area contributed by atoms with Crippen LogP contribution in [0.5, 0.6) is 6.08 Å². The maximum atomic E-state index is 4.91. The van der Waals surface area contributed by atoms with Gasteiger partial charge in [0.25, 0.3) is 0 Å². The fourth-order valence-corrected chi connectivity index (χ4v) is 0.485. The van der Waals surface area contributed by atoms with Crippen molar-refractivity contribution in [2.45, 2.75) is 6.92 Å². The zero-order valence-corrected chi connectivity index (χ0v) is 5.70. The Kier molecular flexibility index (Phi) is 2.04. The van der Waals surface area contributed by atoms with Gasteiger partial charge >= 0.3 is 6.08 Å². The van der Waals surface area contributed by atoms with Crippen molar-refractivity contribution >= 4 is 6.08 Å². The van der Waals surface area contributed by atoms with Crippen LogP contribution in [0.3, 0.4) is 0 Å². The van der Waals surface area contributed by atoms with E-state index in [1.165, 1.54) is 6.08 Å². The summed E-state index contributed by atoms with van der Waals surface area (Å²) in [7, 11) is 0. The Morgan fingerprint density at radius 1 is 1.70 bits per heavy atom. The monoisotopic (exact) mass is 140 g/mol. The predicted molar refractivity (Wildman–Crippen MR) is 35.6 cm³/mol. The van der Waals surface area contributed by atoms with E-state index in [1.807, 2.05) is 6.92 Å². The van der Waals surface area contributed by atoms with Gasteiger partial charge < -0.3 is 9.15 Å². The Morgan fingerprint density at radius 2 is 2.50 bits per heavy atom. The van der Waals surface area contributed by atoms with Crippen molar-refractivity contribution in [1.82, 2.24) is 10.2 Å². The molecule has 4 heteroatoms. The van der Waals surface area contributed by atoms with E-state index in [-0.39, 0.29) is 6.08 Å². The topological polar surface area (TPSA) is 48.2 Å². The molecule has 10 heavy (non-hydrogen) atoms. The maximum absolute atomic E-state index is 4.91. The normalized spacial score (nSPS) is 9.30. The summed E-state index contributed by atoms with van der Waals surface area (Å²) in [5, 5.41) is 7.16. The van der Waals surface area contributed by atoms with Crippen LogP contribution in [0.4, 0.5) is 0 Å². The minimum Gasteiger partial charge on any atom is -0.449 e. The first kappa shape index (κ1) is 6.80. The van der Waals surface area contributed by atoms with Gasteiger partial charge in [0.05, 0.1) is 6.61 Å². The van der Waals surface area contributed by atoms with E-state index in [9.17, 15) is 0 Å². The largest absolute Gasteiger partial charge is 0.449 e. The lowest BCUT2D eigenvalue weighted by Crippen LogP contribution is -1.90. The van der Waals surface area contributed by atoms with E-state index >= 15 is 0 Å². The number of aromatic nitrogens is 2. The summed E-state index contributed by atoms with van der Waals surface area (Å²) in [6.45, 7) is 5.82. The Hall–Kier alpha value is -1.32. The molecule has 0 fully saturated rings. The highest BCUT2D eigenvalue weighted by molar-refractivity contribution is 5.32. The minimum atomic E-state index is 0.192. The van der Waals surface area contributed by atoms with E-state index in [4.69, 9.17) is 9.15 Å². The fourth-order valence-electron chi connectivity index (χ4n) is 0.485. The second kappa shape index (κ2) is 3.00. The smallest absolute Gasteiger partial charge is 0.414 e. The third kappa shape index (κ3) is 1.34. The third-order valence-corrected chi connectivity index (χ3v) is 0.865. The van der Waals surface area contributed by atoms with Gasteiger partial charge in [-0.05, 0) is 13.0 Å². The van der Waals surface area contributed by atoms with Gasteiger partial charge in [-0.2, -0.15) is 0 Å². The van der Waals surface area contributed by atoms with E-state index in [0.717, 1.165) is 0 Å². The van der Waals surface area contributed by atoms with Crippen LogP contribution >= 0.6 is 0 Å². The average molecular weight is 140 g/mol. The zero-order chi connectivity index (χ0) is 7.40. The highest BCUT2D eigenvalue weighted by atomic mass is 16.6. The van der Waals surface area contributed by atoms with Crippen molar-refractivity contribution in [2.75, 3.05) is 6.61 Å². The molecule has 0 aliphatic heterocycles. The number of hydrogen-bond acceptors (Lipinski definition) is 4. The van der Waals surface area contributed by atoms with Crippen LogP contribution in [0.1, 0.15) is 12.8 Å². The van der Waals surface area contributed by atoms with Crippen molar-refractivity contribution < 1.29 is 9.15 Å². The van der Waals surface area contributed by atoms with E-state index < -0.39 is 0 Å². The molecule has 0 bridgehead atoms. The second-order valence-electron chi connectivity index (χ2n) is 1.54. The quantitative estimate of drug-likeness (QED) is 0.631. The van der Waals surface area contributed by atoms with Crippen LogP contribution in [0, 0.1) is 0 Å². The van der Waals surface area contributed by atoms with Gasteiger partial charge in [-0.25, -0.2) is 0 Å². The van der Waals surface area contributed by atoms with Gasteiger partial charge in [0.15, 0.2) is 0 Å². The summed E-state index contributed by atoms with van der Waals surface area (Å²) in [4.78, 5) is 0. The highest BCUT2D eigenvalue weighted by Crippen LogP contribution is 2.07. The molecule has 1 aromatic rings. The summed E-state index contributed by atoms with van der Waals surface area (Å²) in [6, 6.07) is 0. The molecule has 0 aliphatic carbocycles. The number of hydrogen-bond donors (Lipinski definition) is 0. The lowest BCUT2D eigenvalue weighted by atomic mass is 10.7. The Labute approximate surface area is 58.5 Å². The van der Waals surface area contributed by atoms with E-state index in [0.29, 0.717) is 12.5 Å². The fraction of sp³-hybridized carbons (Fsp3) is 0.333. The van der Waals surface area contributed by atoms with Crippen LogP contribution in [-0.2, 0) is 0 Å². The zero-order valence-electron chi connectivity index (χ0n) is 5.70. The van der Waals surface area contributed by atoms with Gasteiger partial charge in [-0.3, -0.25) is 0 Å². The first-order valence-corrected chi connectivity index (χ1v) is 2.95. The molecule has 0 spiro atoms. The van der Waals surface area contributed by atoms with Crippen molar-refractivity contribution in [3.8, 4) is 6.08 Å². The summed E-state index contributed by atoms with van der Waals surface area (Å²) < 4.78 is 9.81. The molecule has 1 aromatic heterocycles. The Morgan fingerprint density at radius 3 is 3.00 bits per heavy atom. The minimum absolute atomic E-state index is 0.192. The standard InChI is InChI=1S/C6H8N2O2/c1-3-5-7-8-6(10-5)9-4-2/h3H,1,4H2,2H3. The molecule has 0 unspecified atom stereocenters. The average Bonchev–Trinajstić information content (AvgIpc) is 2.37. The Balaban J connectivity index is 2.68. The predicted octanol–water partition coefficient (Wildman–Crippen LogP) is 1.11. The molecule has 0 saturated carbocycles. The molecule has 0 N–H and O–H groups in total. The maximum Gasteiger partial charge on any atom is 0.414 e. The van der Waals surface area contributed by atoms with Crippen LogP contribution in [0.15, 0.2) is 11.0 Å². The molecular weight excluding hydrogens is 132 g/mol. The molecule has 0 atom stereocenters. The molecule has 0 aromatic carbocycles. The van der Waals surface area contributed by atoms with Gasteiger partial charge in [0.1, 0.15) is 0 Å². The summed E-state index contributed by atoms with van der Waals surface area (Å²) in [5.41, 5.74) is 0. The first-order chi connectivity index (χ1) is 4.86. The van der Waals surface area contributed by atoms with E-state index in [2.05, 4.69) is 16.8 Å². The van der Waals surface area contributed by atoms with E-state index in [1.54, 1.807) is 0 Å². The number of rotatable bonds is 3. The van der Waals surface area contributed by atoms with Crippen molar-refractivity contribution in [1.29, 1.82) is 0 Å². The molecule has 54 valence electrons. The van der Waals surface area contributed by atoms with Crippen molar-refractivity contribution in [3.05, 3.63) is 12.5 Å². The van der Waals surface area contributed by atoms with Gasteiger partial charge in [0.2, 0.25) is 5.89 Å². The molecule has 0 aliphatic rings.